The Bertz CT molecular complexity index is 1620. The van der Waals surface area contributed by atoms with Crippen LogP contribution < -0.4 is 10.6 Å². The van der Waals surface area contributed by atoms with Crippen molar-refractivity contribution < 1.29 is 19.5 Å². The van der Waals surface area contributed by atoms with Crippen LogP contribution in [0.25, 0.3) is 23.0 Å². The number of benzene rings is 2. The summed E-state index contributed by atoms with van der Waals surface area (Å²) in [5, 5.41) is 26.7. The molecule has 2 amide bonds. The molecular weight excluding hydrogens is 571 g/mol. The number of carboxylic acids is 1. The first kappa shape index (κ1) is 29.2. The predicted octanol–water partition coefficient (Wildman–Crippen LogP) is 4.85. The Balaban J connectivity index is 1.64. The van der Waals surface area contributed by atoms with Gasteiger partial charge in [-0.2, -0.15) is 4.68 Å². The van der Waals surface area contributed by atoms with Crippen LogP contribution in [0.1, 0.15) is 47.6 Å². The zero-order valence-electron chi connectivity index (χ0n) is 21.6. The molecule has 1 atom stereocenters. The van der Waals surface area contributed by atoms with Gasteiger partial charge in [0.2, 0.25) is 12.3 Å². The van der Waals surface area contributed by atoms with E-state index >= 15 is 0 Å². The molecular formula is C27H24Cl2N8O4. The molecule has 0 spiro atoms. The number of halogens is 2. The minimum absolute atomic E-state index is 0.0139. The van der Waals surface area contributed by atoms with Crippen molar-refractivity contribution in [2.24, 2.45) is 0 Å². The molecule has 0 fully saturated rings. The molecule has 2 heterocycles. The van der Waals surface area contributed by atoms with E-state index < -0.39 is 17.9 Å². The van der Waals surface area contributed by atoms with Crippen LogP contribution in [0.5, 0.6) is 0 Å². The highest BCUT2D eigenvalue weighted by Crippen LogP contribution is 2.34. The van der Waals surface area contributed by atoms with E-state index in [1.54, 1.807) is 24.3 Å². The van der Waals surface area contributed by atoms with E-state index in [4.69, 9.17) is 23.2 Å². The van der Waals surface area contributed by atoms with Crippen LogP contribution in [0.2, 0.25) is 10.2 Å². The van der Waals surface area contributed by atoms with E-state index in [0.29, 0.717) is 46.2 Å². The fraction of sp³-hybridized carbons (Fsp3) is 0.148. The van der Waals surface area contributed by atoms with Gasteiger partial charge in [0.1, 0.15) is 23.0 Å². The van der Waals surface area contributed by atoms with Gasteiger partial charge >= 0.3 is 5.97 Å². The standard InChI is InChI=1S/C27H24Cl2N8O4/c1-2-3-4-5-21(32-23(39)11-7-16-12-18(28)8-10-22(16)37-14-31-35-36-37)26-33-24(25(29)34-26)19-13-17(27(40)41)6-9-20(19)30-15-38/h3-4,6-15,21H,2,5H2,1H3,(H,30,38)(H,32,39)(H,33,34)(H,40,41)/b4-3+,11-7+/t21-/m0/s1. The molecule has 2 aromatic heterocycles. The number of carbonyl (C=O) groups is 3. The summed E-state index contributed by atoms with van der Waals surface area (Å²) in [6.45, 7) is 1.99. The monoisotopic (exact) mass is 594 g/mol. The maximum absolute atomic E-state index is 13.0. The Morgan fingerprint density at radius 3 is 2.71 bits per heavy atom. The Labute approximate surface area is 244 Å². The van der Waals surface area contributed by atoms with Gasteiger partial charge in [-0.25, -0.2) is 9.78 Å². The van der Waals surface area contributed by atoms with Crippen LogP contribution in [-0.2, 0) is 9.59 Å². The zero-order valence-corrected chi connectivity index (χ0v) is 23.1. The van der Waals surface area contributed by atoms with Crippen molar-refractivity contribution >= 4 is 53.3 Å². The highest BCUT2D eigenvalue weighted by atomic mass is 35.5. The summed E-state index contributed by atoms with van der Waals surface area (Å²) in [7, 11) is 0. The molecule has 0 saturated carbocycles. The Morgan fingerprint density at radius 1 is 1.17 bits per heavy atom. The minimum Gasteiger partial charge on any atom is -0.478 e. The second kappa shape index (κ2) is 13.5. The van der Waals surface area contributed by atoms with Gasteiger partial charge in [-0.05, 0) is 65.7 Å². The number of imidazole rings is 1. The van der Waals surface area contributed by atoms with Gasteiger partial charge in [0, 0.05) is 22.2 Å². The molecule has 41 heavy (non-hydrogen) atoms. The summed E-state index contributed by atoms with van der Waals surface area (Å²) < 4.78 is 1.45. The number of amides is 2. The van der Waals surface area contributed by atoms with E-state index in [-0.39, 0.29) is 16.4 Å². The van der Waals surface area contributed by atoms with Gasteiger partial charge in [0.25, 0.3) is 0 Å². The lowest BCUT2D eigenvalue weighted by atomic mass is 10.1. The molecule has 4 aromatic rings. The summed E-state index contributed by atoms with van der Waals surface area (Å²) in [4.78, 5) is 43.3. The van der Waals surface area contributed by atoms with Gasteiger partial charge in [-0.15, -0.1) is 5.10 Å². The Morgan fingerprint density at radius 2 is 2.00 bits per heavy atom. The van der Waals surface area contributed by atoms with E-state index in [2.05, 4.69) is 36.1 Å². The van der Waals surface area contributed by atoms with Crippen molar-refractivity contribution in [1.29, 1.82) is 0 Å². The molecule has 0 aliphatic rings. The maximum atomic E-state index is 13.0. The first-order chi connectivity index (χ1) is 19.8. The van der Waals surface area contributed by atoms with Gasteiger partial charge in [0.05, 0.1) is 23.0 Å². The summed E-state index contributed by atoms with van der Waals surface area (Å²) >= 11 is 12.7. The number of hydrogen-bond acceptors (Lipinski definition) is 7. The first-order valence-corrected chi connectivity index (χ1v) is 13.1. The molecule has 210 valence electrons. The third-order valence-corrected chi connectivity index (χ3v) is 6.34. The number of H-pyrrole nitrogens is 1. The maximum Gasteiger partial charge on any atom is 0.335 e. The van der Waals surface area contributed by atoms with Crippen molar-refractivity contribution in [1.82, 2.24) is 35.5 Å². The molecule has 4 rings (SSSR count). The lowest BCUT2D eigenvalue weighted by Gasteiger charge is -2.14. The number of aromatic carboxylic acids is 1. The molecule has 2 aromatic carbocycles. The number of allylic oxidation sites excluding steroid dienone is 1. The molecule has 12 nitrogen and oxygen atoms in total. The van der Waals surface area contributed by atoms with Crippen molar-refractivity contribution in [3.63, 3.8) is 0 Å². The van der Waals surface area contributed by atoms with Crippen LogP contribution in [0, 0.1) is 0 Å². The molecule has 0 bridgehead atoms. The van der Waals surface area contributed by atoms with Crippen molar-refractivity contribution in [2.45, 2.75) is 25.8 Å². The van der Waals surface area contributed by atoms with Crippen LogP contribution in [0.15, 0.2) is 61.0 Å². The number of nitrogens with one attached hydrogen (secondary N) is 3. The molecule has 14 heteroatoms. The zero-order chi connectivity index (χ0) is 29.4. The third kappa shape index (κ3) is 7.24. The normalized spacial score (nSPS) is 12.1. The van der Waals surface area contributed by atoms with Crippen molar-refractivity contribution in [3.8, 4) is 16.9 Å². The third-order valence-electron chi connectivity index (χ3n) is 5.83. The number of carbonyl (C=O) groups excluding carboxylic acids is 2. The van der Waals surface area contributed by atoms with Crippen LogP contribution in [-0.4, -0.2) is 53.6 Å². The molecule has 4 N–H and O–H groups in total. The fourth-order valence-corrected chi connectivity index (χ4v) is 4.36. The average molecular weight is 595 g/mol. The van der Waals surface area contributed by atoms with E-state index in [1.165, 1.54) is 35.3 Å². The number of hydrogen-bond donors (Lipinski definition) is 4. The molecule has 0 aliphatic heterocycles. The summed E-state index contributed by atoms with van der Waals surface area (Å²) in [6, 6.07) is 8.64. The van der Waals surface area contributed by atoms with Gasteiger partial charge in [0.15, 0.2) is 0 Å². The quantitative estimate of drug-likeness (QED) is 0.102. The smallest absolute Gasteiger partial charge is 0.335 e. The highest BCUT2D eigenvalue weighted by Gasteiger charge is 2.22. The van der Waals surface area contributed by atoms with Crippen LogP contribution in [0.3, 0.4) is 0 Å². The first-order valence-electron chi connectivity index (χ1n) is 12.3. The van der Waals surface area contributed by atoms with Gasteiger partial charge < -0.3 is 20.7 Å². The van der Waals surface area contributed by atoms with Crippen LogP contribution in [0.4, 0.5) is 5.69 Å². The second-order valence-corrected chi connectivity index (χ2v) is 9.39. The number of anilines is 1. The Kier molecular flexibility index (Phi) is 9.61. The van der Waals surface area contributed by atoms with Gasteiger partial charge in [-0.1, -0.05) is 42.3 Å². The number of rotatable bonds is 12. The largest absolute Gasteiger partial charge is 0.478 e. The topological polar surface area (TPSA) is 168 Å². The molecule has 0 aliphatic carbocycles. The lowest BCUT2D eigenvalue weighted by Crippen LogP contribution is -2.27. The number of aromatic amines is 1. The number of tetrazole rings is 1. The molecule has 0 saturated heterocycles. The lowest BCUT2D eigenvalue weighted by molar-refractivity contribution is -0.117. The van der Waals surface area contributed by atoms with Crippen LogP contribution >= 0.6 is 23.2 Å². The van der Waals surface area contributed by atoms with E-state index in [1.807, 2.05) is 19.1 Å². The number of aromatic nitrogens is 6. The summed E-state index contributed by atoms with van der Waals surface area (Å²) in [6.07, 6.45) is 9.87. The Hall–Kier alpha value is -4.81. The molecule has 0 radical (unpaired) electrons. The number of nitrogens with zero attached hydrogens (tertiary/aromatic N) is 5. The second-order valence-electron chi connectivity index (χ2n) is 8.58. The van der Waals surface area contributed by atoms with E-state index in [9.17, 15) is 19.5 Å². The number of carboxylic acid groups (broad SMARTS) is 1. The van der Waals surface area contributed by atoms with Crippen molar-refractivity contribution in [3.05, 3.63) is 88.1 Å². The van der Waals surface area contributed by atoms with E-state index in [0.717, 1.165) is 6.42 Å². The fourth-order valence-electron chi connectivity index (χ4n) is 3.94. The SMILES string of the molecule is CC/C=C/C[C@H](NC(=O)/C=C/c1cc(Cl)ccc1-n1cnnn1)c1nc(-c2cc(C(=O)O)ccc2NC=O)c(Cl)[nH]1. The molecule has 0 unspecified atom stereocenters. The van der Waals surface area contributed by atoms with Crippen molar-refractivity contribution in [2.75, 3.05) is 5.32 Å². The summed E-state index contributed by atoms with van der Waals surface area (Å²) in [5.74, 6) is -1.24. The average Bonchev–Trinajstić information content (AvgIpc) is 3.62. The predicted molar refractivity (Wildman–Crippen MR) is 154 cm³/mol. The summed E-state index contributed by atoms with van der Waals surface area (Å²) in [5.41, 5.74) is 2.05. The van der Waals surface area contributed by atoms with Gasteiger partial charge in [-0.3, -0.25) is 9.59 Å². The highest BCUT2D eigenvalue weighted by molar-refractivity contribution is 6.32. The minimum atomic E-state index is -1.15.